The van der Waals surface area contributed by atoms with Crippen molar-refractivity contribution in [1.82, 2.24) is 9.13 Å². The fraction of sp³-hybridized carbons (Fsp3) is 0.520. The Labute approximate surface area is 177 Å². The van der Waals surface area contributed by atoms with E-state index in [-0.39, 0.29) is 0 Å². The molecule has 158 valence electrons. The molecule has 3 rings (SSSR count). The van der Waals surface area contributed by atoms with Crippen molar-refractivity contribution in [2.45, 2.75) is 71.4 Å². The third kappa shape index (κ3) is 10.1. The minimum Gasteiger partial charge on any atom is -0.240 e. The van der Waals surface area contributed by atoms with Gasteiger partial charge >= 0.3 is 0 Å². The molecule has 4 nitrogen and oxygen atoms in total. The summed E-state index contributed by atoms with van der Waals surface area (Å²) in [6.07, 6.45) is 23.3. The van der Waals surface area contributed by atoms with Crippen molar-refractivity contribution >= 4 is 0 Å². The molecular formula is C25H40N4+2. The monoisotopic (exact) mass is 396 g/mol. The van der Waals surface area contributed by atoms with Crippen LogP contribution in [0, 0.1) is 0 Å². The van der Waals surface area contributed by atoms with Gasteiger partial charge in [0.15, 0.2) is 0 Å². The molecule has 0 aliphatic heterocycles. The van der Waals surface area contributed by atoms with Crippen molar-refractivity contribution in [2.24, 2.45) is 14.1 Å². The zero-order valence-corrected chi connectivity index (χ0v) is 18.7. The minimum absolute atomic E-state index is 1.09. The summed E-state index contributed by atoms with van der Waals surface area (Å²) in [5, 5.41) is 0. The Hall–Kier alpha value is -2.36. The van der Waals surface area contributed by atoms with Crippen molar-refractivity contribution in [1.29, 1.82) is 0 Å². The molecule has 0 saturated carbocycles. The molecule has 0 radical (unpaired) electrons. The predicted octanol–water partition coefficient (Wildman–Crippen LogP) is 4.62. The van der Waals surface area contributed by atoms with Gasteiger partial charge in [-0.05, 0) is 31.2 Å². The second kappa shape index (κ2) is 13.8. The van der Waals surface area contributed by atoms with Gasteiger partial charge < -0.3 is 0 Å². The molecule has 0 amide bonds. The summed E-state index contributed by atoms with van der Waals surface area (Å²) in [6, 6.07) is 10.6. The lowest BCUT2D eigenvalue weighted by molar-refractivity contribution is -0.671. The Morgan fingerprint density at radius 1 is 0.690 bits per heavy atom. The average Bonchev–Trinajstić information content (AvgIpc) is 3.34. The number of benzene rings is 1. The molecule has 0 spiro atoms. The van der Waals surface area contributed by atoms with Gasteiger partial charge in [-0.15, -0.1) is 0 Å². The molecule has 0 unspecified atom stereocenters. The predicted molar refractivity (Wildman–Crippen MR) is 119 cm³/mol. The van der Waals surface area contributed by atoms with Gasteiger partial charge in [0.2, 0.25) is 12.7 Å². The Morgan fingerprint density at radius 3 is 1.79 bits per heavy atom. The van der Waals surface area contributed by atoms with E-state index < -0.39 is 0 Å². The molecule has 2 heterocycles. The van der Waals surface area contributed by atoms with Crippen molar-refractivity contribution in [2.75, 3.05) is 0 Å². The van der Waals surface area contributed by atoms with Gasteiger partial charge in [0.1, 0.15) is 24.8 Å². The van der Waals surface area contributed by atoms with Gasteiger partial charge in [0, 0.05) is 0 Å². The number of hydrogen-bond donors (Lipinski definition) is 0. The summed E-state index contributed by atoms with van der Waals surface area (Å²) in [6.45, 7) is 4.53. The molecule has 3 aromatic rings. The van der Waals surface area contributed by atoms with Gasteiger partial charge in [0.25, 0.3) is 0 Å². The zero-order chi connectivity index (χ0) is 20.7. The molecule has 0 aliphatic rings. The van der Waals surface area contributed by atoms with E-state index in [0.717, 1.165) is 13.0 Å². The second-order valence-corrected chi connectivity index (χ2v) is 7.99. The molecule has 0 aliphatic carbocycles. The topological polar surface area (TPSA) is 17.6 Å². The van der Waals surface area contributed by atoms with Crippen LogP contribution in [-0.4, -0.2) is 9.13 Å². The van der Waals surface area contributed by atoms with Crippen LogP contribution in [0.4, 0.5) is 0 Å². The van der Waals surface area contributed by atoms with Crippen molar-refractivity contribution in [3.05, 3.63) is 73.3 Å². The highest BCUT2D eigenvalue weighted by atomic mass is 15.1. The van der Waals surface area contributed by atoms with Gasteiger partial charge in [-0.1, -0.05) is 62.9 Å². The Morgan fingerprint density at radius 2 is 1.24 bits per heavy atom. The third-order valence-electron chi connectivity index (χ3n) is 5.14. The summed E-state index contributed by atoms with van der Waals surface area (Å²) >= 11 is 0. The molecule has 0 atom stereocenters. The van der Waals surface area contributed by atoms with Crippen LogP contribution in [-0.2, 0) is 33.6 Å². The van der Waals surface area contributed by atoms with E-state index in [0.29, 0.717) is 0 Å². The molecule has 0 saturated heterocycles. The van der Waals surface area contributed by atoms with Gasteiger partial charge in [0.05, 0.1) is 27.2 Å². The van der Waals surface area contributed by atoms with Crippen LogP contribution in [0.2, 0.25) is 0 Å². The van der Waals surface area contributed by atoms with E-state index in [1.165, 1.54) is 57.1 Å². The Bertz CT molecular complexity index is 773. The largest absolute Gasteiger partial charge is 0.243 e. The fourth-order valence-electron chi connectivity index (χ4n) is 3.45. The number of imidazole rings is 2. The quantitative estimate of drug-likeness (QED) is 0.332. The van der Waals surface area contributed by atoms with Crippen LogP contribution < -0.4 is 9.13 Å². The van der Waals surface area contributed by atoms with E-state index in [2.05, 4.69) is 100 Å². The first-order valence-electron chi connectivity index (χ1n) is 11.2. The van der Waals surface area contributed by atoms with E-state index in [9.17, 15) is 0 Å². The number of aromatic nitrogens is 4. The van der Waals surface area contributed by atoms with Crippen molar-refractivity contribution in [3.63, 3.8) is 0 Å². The summed E-state index contributed by atoms with van der Waals surface area (Å²) in [5.41, 5.74) is 1.43. The highest BCUT2D eigenvalue weighted by Gasteiger charge is 2.00. The number of hydrogen-bond acceptors (Lipinski definition) is 0. The summed E-state index contributed by atoms with van der Waals surface area (Å²) in [4.78, 5) is 0. The van der Waals surface area contributed by atoms with Gasteiger partial charge in [-0.2, -0.15) is 0 Å². The standard InChI is InChI=1S/C13H17N2.C12H23N2/c1-14-10-11-15(12-14)9-5-8-13-6-3-2-4-7-13;1-3-4-5-6-7-8-9-14-11-10-13(2)12-14/h2-4,6-7,10-12H,5,8-9H2,1H3;10-12H,3-9H2,1-2H3/q2*+1. The van der Waals surface area contributed by atoms with E-state index in [1.807, 2.05) is 7.05 Å². The van der Waals surface area contributed by atoms with E-state index in [4.69, 9.17) is 0 Å². The van der Waals surface area contributed by atoms with Crippen LogP contribution in [0.15, 0.2) is 67.8 Å². The summed E-state index contributed by atoms with van der Waals surface area (Å²) in [7, 11) is 4.12. The fourth-order valence-corrected chi connectivity index (χ4v) is 3.45. The molecule has 2 aromatic heterocycles. The van der Waals surface area contributed by atoms with Crippen LogP contribution in [0.1, 0.15) is 57.4 Å². The van der Waals surface area contributed by atoms with Gasteiger partial charge in [-0.25, -0.2) is 18.3 Å². The summed E-state index contributed by atoms with van der Waals surface area (Å²) in [5.74, 6) is 0. The first kappa shape index (κ1) is 22.9. The maximum atomic E-state index is 2.26. The maximum Gasteiger partial charge on any atom is 0.243 e. The van der Waals surface area contributed by atoms with Crippen molar-refractivity contribution < 1.29 is 9.13 Å². The SMILES string of the molecule is CCCCCCCCn1cc[n+](C)c1.C[n+]1ccn(CCCc2ccccc2)c1. The number of unbranched alkanes of at least 4 members (excludes halogenated alkanes) is 5. The van der Waals surface area contributed by atoms with Crippen LogP contribution in [0.25, 0.3) is 0 Å². The molecule has 4 heteroatoms. The molecule has 0 N–H and O–H groups in total. The molecule has 1 aromatic carbocycles. The number of nitrogens with zero attached hydrogens (tertiary/aromatic N) is 4. The van der Waals surface area contributed by atoms with Crippen molar-refractivity contribution in [3.8, 4) is 0 Å². The second-order valence-electron chi connectivity index (χ2n) is 7.99. The lowest BCUT2D eigenvalue weighted by Crippen LogP contribution is -2.23. The summed E-state index contributed by atoms with van der Waals surface area (Å²) < 4.78 is 8.66. The Balaban J connectivity index is 0.000000208. The van der Waals surface area contributed by atoms with E-state index >= 15 is 0 Å². The normalized spacial score (nSPS) is 10.6. The lowest BCUT2D eigenvalue weighted by Gasteiger charge is -1.98. The molecular weight excluding hydrogens is 356 g/mol. The molecule has 0 bridgehead atoms. The maximum absolute atomic E-state index is 2.26. The van der Waals surface area contributed by atoms with Crippen LogP contribution >= 0.6 is 0 Å². The minimum atomic E-state index is 1.09. The van der Waals surface area contributed by atoms with Crippen LogP contribution in [0.3, 0.4) is 0 Å². The first-order valence-corrected chi connectivity index (χ1v) is 11.2. The highest BCUT2D eigenvalue weighted by molar-refractivity contribution is 5.14. The highest BCUT2D eigenvalue weighted by Crippen LogP contribution is 2.06. The van der Waals surface area contributed by atoms with Crippen LogP contribution in [0.5, 0.6) is 0 Å². The zero-order valence-electron chi connectivity index (χ0n) is 18.7. The van der Waals surface area contributed by atoms with E-state index in [1.54, 1.807) is 0 Å². The first-order chi connectivity index (χ1) is 14.2. The average molecular weight is 397 g/mol. The van der Waals surface area contributed by atoms with Gasteiger partial charge in [-0.3, -0.25) is 0 Å². The third-order valence-corrected chi connectivity index (χ3v) is 5.14. The number of aryl methyl sites for hydroxylation is 5. The molecule has 29 heavy (non-hydrogen) atoms. The lowest BCUT2D eigenvalue weighted by atomic mass is 10.1. The molecule has 0 fully saturated rings. The number of rotatable bonds is 11. The Kier molecular flexibility index (Phi) is 10.9. The smallest absolute Gasteiger partial charge is 0.240 e.